The first-order chi connectivity index (χ1) is 9.72. The number of aromatic nitrogens is 3. The zero-order valence-electron chi connectivity index (χ0n) is 11.2. The van der Waals surface area contributed by atoms with Crippen LogP contribution in [0.4, 0.5) is 0 Å². The maximum Gasteiger partial charge on any atom is 0.254 e. The molecule has 104 valence electrons. The van der Waals surface area contributed by atoms with Gasteiger partial charge in [-0.25, -0.2) is 4.68 Å². The van der Waals surface area contributed by atoms with Crippen molar-refractivity contribution >= 4 is 17.7 Å². The lowest BCUT2D eigenvalue weighted by molar-refractivity contribution is 0.0953. The molecule has 2 aromatic rings. The fourth-order valence-electron chi connectivity index (χ4n) is 2.01. The molecule has 1 fully saturated rings. The van der Waals surface area contributed by atoms with Crippen molar-refractivity contribution in [3.05, 3.63) is 42.5 Å². The first-order valence-corrected chi connectivity index (χ1v) is 7.73. The Morgan fingerprint density at radius 3 is 3.00 bits per heavy atom. The zero-order chi connectivity index (χ0) is 14.0. The van der Waals surface area contributed by atoms with Gasteiger partial charge in [-0.15, -0.1) is 0 Å². The third kappa shape index (κ3) is 2.70. The highest BCUT2D eigenvalue weighted by molar-refractivity contribution is 8.00. The van der Waals surface area contributed by atoms with Crippen LogP contribution in [0, 0.1) is 0 Å². The lowest BCUT2D eigenvalue weighted by Crippen LogP contribution is -2.31. The van der Waals surface area contributed by atoms with Crippen LogP contribution < -0.4 is 5.32 Å². The van der Waals surface area contributed by atoms with Crippen molar-refractivity contribution in [2.24, 2.45) is 0 Å². The van der Waals surface area contributed by atoms with Crippen LogP contribution in [0.25, 0.3) is 5.69 Å². The maximum atomic E-state index is 12.1. The van der Waals surface area contributed by atoms with Crippen molar-refractivity contribution in [3.8, 4) is 5.69 Å². The van der Waals surface area contributed by atoms with Gasteiger partial charge in [-0.3, -0.25) is 9.78 Å². The van der Waals surface area contributed by atoms with E-state index in [1.165, 1.54) is 12.8 Å². The van der Waals surface area contributed by atoms with Gasteiger partial charge in [0, 0.05) is 23.7 Å². The van der Waals surface area contributed by atoms with Gasteiger partial charge in [0.05, 0.1) is 23.6 Å². The molecule has 3 rings (SSSR count). The van der Waals surface area contributed by atoms with E-state index in [0.29, 0.717) is 5.56 Å². The van der Waals surface area contributed by atoms with Crippen LogP contribution in [0.5, 0.6) is 0 Å². The summed E-state index contributed by atoms with van der Waals surface area (Å²) < 4.78 is 1.93. The van der Waals surface area contributed by atoms with Gasteiger partial charge in [-0.2, -0.15) is 16.9 Å². The first-order valence-electron chi connectivity index (χ1n) is 6.51. The Morgan fingerprint density at radius 2 is 2.35 bits per heavy atom. The van der Waals surface area contributed by atoms with Crippen LogP contribution in [0.2, 0.25) is 0 Å². The number of amides is 1. The van der Waals surface area contributed by atoms with Gasteiger partial charge in [-0.1, -0.05) is 0 Å². The highest BCUT2D eigenvalue weighted by Crippen LogP contribution is 2.46. The Bertz CT molecular complexity index is 607. The monoisotopic (exact) mass is 288 g/mol. The first kappa shape index (κ1) is 13.2. The number of pyridine rings is 1. The number of nitrogens with one attached hydrogen (secondary N) is 1. The van der Waals surface area contributed by atoms with E-state index in [1.807, 2.05) is 23.9 Å². The van der Waals surface area contributed by atoms with Gasteiger partial charge in [0.15, 0.2) is 0 Å². The summed E-state index contributed by atoms with van der Waals surface area (Å²) in [6, 6.07) is 3.74. The van der Waals surface area contributed by atoms with Gasteiger partial charge >= 0.3 is 0 Å². The van der Waals surface area contributed by atoms with E-state index in [-0.39, 0.29) is 10.7 Å². The van der Waals surface area contributed by atoms with Crippen LogP contribution in [0.1, 0.15) is 23.2 Å². The molecule has 20 heavy (non-hydrogen) atoms. The Hall–Kier alpha value is -1.82. The minimum absolute atomic E-state index is 0.0690. The SMILES string of the molecule is CSC1(CNC(=O)c2cnn(-c3cccnc3)c2)CC1. The summed E-state index contributed by atoms with van der Waals surface area (Å²) in [4.78, 5) is 16.1. The number of hydrogen-bond acceptors (Lipinski definition) is 4. The molecule has 1 amide bonds. The predicted molar refractivity (Wildman–Crippen MR) is 79.2 cm³/mol. The van der Waals surface area contributed by atoms with E-state index in [4.69, 9.17) is 0 Å². The quantitative estimate of drug-likeness (QED) is 0.913. The molecule has 0 radical (unpaired) electrons. The molecule has 2 aromatic heterocycles. The average Bonchev–Trinajstić information content (AvgIpc) is 3.12. The van der Waals surface area contributed by atoms with Gasteiger partial charge in [0.25, 0.3) is 5.91 Å². The standard InChI is InChI=1S/C14H16N4OS/c1-20-14(4-5-14)10-16-13(19)11-7-17-18(9-11)12-3-2-6-15-8-12/h2-3,6-9H,4-5,10H2,1H3,(H,16,19). The van der Waals surface area contributed by atoms with Gasteiger partial charge < -0.3 is 5.32 Å². The molecule has 0 aromatic carbocycles. The van der Waals surface area contributed by atoms with Gasteiger partial charge in [-0.05, 0) is 31.2 Å². The van der Waals surface area contributed by atoms with Gasteiger partial charge in [0.1, 0.15) is 0 Å². The van der Waals surface area contributed by atoms with Crippen LogP contribution in [0.15, 0.2) is 36.9 Å². The largest absolute Gasteiger partial charge is 0.351 e. The van der Waals surface area contributed by atoms with Crippen LogP contribution in [0.3, 0.4) is 0 Å². The molecule has 5 nitrogen and oxygen atoms in total. The second kappa shape index (κ2) is 5.28. The van der Waals surface area contributed by atoms with Crippen molar-refractivity contribution in [1.82, 2.24) is 20.1 Å². The van der Waals surface area contributed by atoms with Crippen molar-refractivity contribution in [2.75, 3.05) is 12.8 Å². The third-order valence-corrected chi connectivity index (χ3v) is 4.99. The Morgan fingerprint density at radius 1 is 1.50 bits per heavy atom. The number of hydrogen-bond donors (Lipinski definition) is 1. The molecular weight excluding hydrogens is 272 g/mol. The molecule has 0 aliphatic heterocycles. The fourth-order valence-corrected chi connectivity index (χ4v) is 2.73. The molecule has 1 aliphatic carbocycles. The van der Waals surface area contributed by atoms with Crippen molar-refractivity contribution in [2.45, 2.75) is 17.6 Å². The van der Waals surface area contributed by atoms with Crippen LogP contribution in [-0.2, 0) is 0 Å². The lowest BCUT2D eigenvalue weighted by atomic mass is 10.3. The maximum absolute atomic E-state index is 12.1. The van der Waals surface area contributed by atoms with E-state index in [1.54, 1.807) is 29.5 Å². The number of thioether (sulfide) groups is 1. The molecule has 0 unspecified atom stereocenters. The minimum Gasteiger partial charge on any atom is -0.351 e. The summed E-state index contributed by atoms with van der Waals surface area (Å²) in [7, 11) is 0. The second-order valence-electron chi connectivity index (χ2n) is 4.95. The number of rotatable bonds is 5. The molecular formula is C14H16N4OS. The van der Waals surface area contributed by atoms with Crippen LogP contribution in [-0.4, -0.2) is 38.2 Å². The molecule has 0 saturated heterocycles. The second-order valence-corrected chi connectivity index (χ2v) is 6.23. The molecule has 1 N–H and O–H groups in total. The summed E-state index contributed by atoms with van der Waals surface area (Å²) in [5, 5.41) is 7.19. The Kier molecular flexibility index (Phi) is 3.48. The van der Waals surface area contributed by atoms with Gasteiger partial charge in [0.2, 0.25) is 0 Å². The fraction of sp³-hybridized carbons (Fsp3) is 0.357. The van der Waals surface area contributed by atoms with Crippen molar-refractivity contribution < 1.29 is 4.79 Å². The van der Waals surface area contributed by atoms with E-state index >= 15 is 0 Å². The third-order valence-electron chi connectivity index (χ3n) is 3.57. The summed E-state index contributed by atoms with van der Waals surface area (Å²) in [5.74, 6) is -0.0690. The van der Waals surface area contributed by atoms with E-state index in [9.17, 15) is 4.79 Å². The topological polar surface area (TPSA) is 59.8 Å². The molecule has 1 saturated carbocycles. The number of carbonyl (C=O) groups is 1. The normalized spacial score (nSPS) is 15.8. The van der Waals surface area contributed by atoms with Crippen molar-refractivity contribution in [1.29, 1.82) is 0 Å². The van der Waals surface area contributed by atoms with E-state index in [2.05, 4.69) is 21.7 Å². The molecule has 0 atom stereocenters. The highest BCUT2D eigenvalue weighted by atomic mass is 32.2. The Balaban J connectivity index is 1.66. The molecule has 1 aliphatic rings. The molecule has 0 spiro atoms. The lowest BCUT2D eigenvalue weighted by Gasteiger charge is -2.12. The molecule has 6 heteroatoms. The van der Waals surface area contributed by atoms with E-state index < -0.39 is 0 Å². The smallest absolute Gasteiger partial charge is 0.254 e. The average molecular weight is 288 g/mol. The van der Waals surface area contributed by atoms with Crippen molar-refractivity contribution in [3.63, 3.8) is 0 Å². The minimum atomic E-state index is -0.0690. The Labute approximate surface area is 121 Å². The summed E-state index contributed by atoms with van der Waals surface area (Å²) in [6.45, 7) is 0.727. The summed E-state index contributed by atoms with van der Waals surface area (Å²) in [5.41, 5.74) is 1.42. The highest BCUT2D eigenvalue weighted by Gasteiger charge is 2.41. The zero-order valence-corrected chi connectivity index (χ0v) is 12.1. The molecule has 0 bridgehead atoms. The predicted octanol–water partition coefficient (Wildman–Crippen LogP) is 1.89. The number of carbonyl (C=O) groups excluding carboxylic acids is 1. The number of nitrogens with zero attached hydrogens (tertiary/aromatic N) is 3. The summed E-state index contributed by atoms with van der Waals surface area (Å²) >= 11 is 1.83. The summed E-state index contributed by atoms with van der Waals surface area (Å²) in [6.07, 6.45) is 11.2. The van der Waals surface area contributed by atoms with Crippen LogP contribution >= 0.6 is 11.8 Å². The van der Waals surface area contributed by atoms with E-state index in [0.717, 1.165) is 12.2 Å². The molecule has 2 heterocycles.